The molecule has 6 heteroatoms. The Morgan fingerprint density at radius 2 is 1.45 bits per heavy atom. The topological polar surface area (TPSA) is 77.4 Å². The predicted molar refractivity (Wildman–Crippen MR) is 77.0 cm³/mol. The van der Waals surface area contributed by atoms with Crippen molar-refractivity contribution in [3.8, 4) is 0 Å². The summed E-state index contributed by atoms with van der Waals surface area (Å²) in [6.45, 7) is 3.56. The fraction of sp³-hybridized carbons (Fsp3) is 1.00. The summed E-state index contributed by atoms with van der Waals surface area (Å²) < 4.78 is 32.1. The molecule has 1 N–H and O–H groups in total. The van der Waals surface area contributed by atoms with Crippen molar-refractivity contribution in [3.63, 3.8) is 0 Å². The Morgan fingerprint density at radius 3 is 1.90 bits per heavy atom. The summed E-state index contributed by atoms with van der Waals surface area (Å²) in [4.78, 5) is 0. The minimum absolute atomic E-state index is 0. The Labute approximate surface area is 146 Å². The fourth-order valence-electron chi connectivity index (χ4n) is 2.13. The minimum atomic E-state index is -4.26. The minimum Gasteiger partial charge on any atom is -0.748 e. The average molecular weight is 316 g/mol. The molecule has 0 amide bonds. The van der Waals surface area contributed by atoms with Crippen LogP contribution in [0.5, 0.6) is 0 Å². The van der Waals surface area contributed by atoms with Crippen molar-refractivity contribution in [3.05, 3.63) is 0 Å². The Balaban J connectivity index is 0. The quantitative estimate of drug-likeness (QED) is 0.317. The summed E-state index contributed by atoms with van der Waals surface area (Å²) in [5.74, 6) is 0. The molecule has 116 valence electrons. The largest absolute Gasteiger partial charge is 1.00 e. The molecule has 0 heterocycles. The molecule has 0 rings (SSSR count). The second-order valence-electron chi connectivity index (χ2n) is 5.46. The van der Waals surface area contributed by atoms with Crippen LogP contribution in [0.2, 0.25) is 0 Å². The molecule has 0 aromatic heterocycles. The van der Waals surface area contributed by atoms with Gasteiger partial charge in [-0.05, 0) is 19.8 Å². The van der Waals surface area contributed by atoms with Crippen molar-refractivity contribution < 1.29 is 47.6 Å². The molecule has 0 aromatic carbocycles. The zero-order chi connectivity index (χ0) is 14.7. The molecule has 2 atom stereocenters. The molecule has 0 fully saturated rings. The number of hydrogen-bond donors (Lipinski definition) is 1. The molecule has 0 saturated carbocycles. The SMILES string of the molecule is CCCCCCCCCCC(O)CC(C)S(=O)(=O)[O-].[Na+]. The van der Waals surface area contributed by atoms with Gasteiger partial charge in [0.05, 0.1) is 16.2 Å². The van der Waals surface area contributed by atoms with Crippen LogP contribution in [-0.4, -0.2) is 29.4 Å². The molecule has 0 saturated heterocycles. The number of aliphatic hydroxyl groups is 1. The van der Waals surface area contributed by atoms with Crippen molar-refractivity contribution in [1.82, 2.24) is 0 Å². The van der Waals surface area contributed by atoms with E-state index in [0.29, 0.717) is 6.42 Å². The third-order valence-electron chi connectivity index (χ3n) is 3.49. The van der Waals surface area contributed by atoms with Gasteiger partial charge in [0.15, 0.2) is 0 Å². The van der Waals surface area contributed by atoms with Crippen LogP contribution < -0.4 is 29.6 Å². The van der Waals surface area contributed by atoms with E-state index in [1.54, 1.807) is 0 Å². The van der Waals surface area contributed by atoms with Crippen molar-refractivity contribution >= 4 is 10.1 Å². The molecular weight excluding hydrogens is 287 g/mol. The van der Waals surface area contributed by atoms with Crippen molar-refractivity contribution in [1.29, 1.82) is 0 Å². The number of unbranched alkanes of at least 4 members (excludes halogenated alkanes) is 7. The smallest absolute Gasteiger partial charge is 0.748 e. The molecule has 0 spiro atoms. The first kappa shape index (κ1) is 23.1. The average Bonchev–Trinajstić information content (AvgIpc) is 2.31. The molecule has 0 bridgehead atoms. The zero-order valence-electron chi connectivity index (χ0n) is 13.3. The van der Waals surface area contributed by atoms with Crippen LogP contribution in [0.15, 0.2) is 0 Å². The van der Waals surface area contributed by atoms with E-state index in [1.807, 2.05) is 0 Å². The van der Waals surface area contributed by atoms with Gasteiger partial charge < -0.3 is 9.66 Å². The van der Waals surface area contributed by atoms with Crippen LogP contribution in [0.3, 0.4) is 0 Å². The summed E-state index contributed by atoms with van der Waals surface area (Å²) in [5.41, 5.74) is 0. The van der Waals surface area contributed by atoms with Crippen LogP contribution in [0.4, 0.5) is 0 Å². The van der Waals surface area contributed by atoms with E-state index < -0.39 is 21.5 Å². The van der Waals surface area contributed by atoms with E-state index in [-0.39, 0.29) is 36.0 Å². The molecule has 0 aliphatic rings. The van der Waals surface area contributed by atoms with Crippen LogP contribution in [0, 0.1) is 0 Å². The molecule has 2 unspecified atom stereocenters. The van der Waals surface area contributed by atoms with Crippen LogP contribution >= 0.6 is 0 Å². The van der Waals surface area contributed by atoms with E-state index in [4.69, 9.17) is 0 Å². The van der Waals surface area contributed by atoms with E-state index in [1.165, 1.54) is 45.4 Å². The van der Waals surface area contributed by atoms with Crippen molar-refractivity contribution in [2.24, 2.45) is 0 Å². The van der Waals surface area contributed by atoms with Gasteiger partial charge in [0.2, 0.25) is 0 Å². The molecule has 0 aromatic rings. The molecule has 0 radical (unpaired) electrons. The van der Waals surface area contributed by atoms with Crippen LogP contribution in [-0.2, 0) is 10.1 Å². The number of aliphatic hydroxyl groups excluding tert-OH is 1. The zero-order valence-corrected chi connectivity index (χ0v) is 16.1. The van der Waals surface area contributed by atoms with Crippen LogP contribution in [0.25, 0.3) is 0 Å². The maximum absolute atomic E-state index is 10.7. The fourth-order valence-corrected chi connectivity index (χ4v) is 2.59. The Kier molecular flexibility index (Phi) is 15.7. The van der Waals surface area contributed by atoms with Gasteiger partial charge in [-0.25, -0.2) is 8.42 Å². The maximum Gasteiger partial charge on any atom is 1.00 e. The van der Waals surface area contributed by atoms with Gasteiger partial charge in [0.25, 0.3) is 0 Å². The first-order valence-electron chi connectivity index (χ1n) is 7.50. The van der Waals surface area contributed by atoms with Gasteiger partial charge in [-0.1, -0.05) is 58.3 Å². The summed E-state index contributed by atoms with van der Waals surface area (Å²) in [7, 11) is -4.26. The van der Waals surface area contributed by atoms with E-state index in [0.717, 1.165) is 12.8 Å². The summed E-state index contributed by atoms with van der Waals surface area (Å²) in [6.07, 6.45) is 9.51. The van der Waals surface area contributed by atoms with Gasteiger partial charge in [0, 0.05) is 5.25 Å². The maximum atomic E-state index is 10.7. The number of hydrogen-bond acceptors (Lipinski definition) is 4. The van der Waals surface area contributed by atoms with Gasteiger partial charge in [-0.3, -0.25) is 0 Å². The van der Waals surface area contributed by atoms with Crippen molar-refractivity contribution in [2.45, 2.75) is 89.4 Å². The standard InChI is InChI=1S/C14H30O4S.Na/c1-3-4-5-6-7-8-9-10-11-14(15)12-13(2)19(16,17)18;/h13-15H,3-12H2,1-2H3,(H,16,17,18);/q;+1/p-1. The third kappa shape index (κ3) is 13.8. The summed E-state index contributed by atoms with van der Waals surface area (Å²) >= 11 is 0. The molecule has 0 aliphatic carbocycles. The van der Waals surface area contributed by atoms with Gasteiger partial charge in [0.1, 0.15) is 0 Å². The Morgan fingerprint density at radius 1 is 1.00 bits per heavy atom. The molecule has 4 nitrogen and oxygen atoms in total. The predicted octanol–water partition coefficient (Wildman–Crippen LogP) is 0.206. The van der Waals surface area contributed by atoms with E-state index >= 15 is 0 Å². The summed E-state index contributed by atoms with van der Waals surface area (Å²) in [5, 5.41) is 8.66. The van der Waals surface area contributed by atoms with Crippen molar-refractivity contribution in [2.75, 3.05) is 0 Å². The first-order valence-corrected chi connectivity index (χ1v) is 8.97. The van der Waals surface area contributed by atoms with E-state index in [9.17, 15) is 18.1 Å². The van der Waals surface area contributed by atoms with Gasteiger partial charge in [-0.2, -0.15) is 0 Å². The molecule has 20 heavy (non-hydrogen) atoms. The molecule has 0 aliphatic heterocycles. The normalized spacial score (nSPS) is 14.6. The van der Waals surface area contributed by atoms with Gasteiger partial charge in [-0.15, -0.1) is 0 Å². The third-order valence-corrected chi connectivity index (χ3v) is 4.67. The Hall–Kier alpha value is 0.870. The van der Waals surface area contributed by atoms with Gasteiger partial charge >= 0.3 is 29.6 Å². The molecular formula is C14H29NaO4S. The Bertz CT molecular complexity index is 306. The van der Waals surface area contributed by atoms with Crippen LogP contribution in [0.1, 0.15) is 78.1 Å². The first-order chi connectivity index (χ1) is 8.88. The second-order valence-corrected chi connectivity index (χ2v) is 7.25. The summed E-state index contributed by atoms with van der Waals surface area (Å²) in [6, 6.07) is 0. The van der Waals surface area contributed by atoms with E-state index in [2.05, 4.69) is 6.92 Å². The monoisotopic (exact) mass is 316 g/mol. The number of rotatable bonds is 12. The second kappa shape index (κ2) is 13.5.